The second kappa shape index (κ2) is 4.77. The number of ketones is 1. The Labute approximate surface area is 113 Å². The molecular weight excluding hydrogens is 246 g/mol. The maximum Gasteiger partial charge on any atom is 0.163 e. The van der Waals surface area contributed by atoms with Crippen LogP contribution >= 0.6 is 11.6 Å². The summed E-state index contributed by atoms with van der Waals surface area (Å²) in [5, 5.41) is 1.56. The third-order valence-electron chi connectivity index (χ3n) is 3.23. The van der Waals surface area contributed by atoms with Crippen molar-refractivity contribution >= 4 is 28.3 Å². The molecule has 0 fully saturated rings. The zero-order valence-corrected chi connectivity index (χ0v) is 12.1. The van der Waals surface area contributed by atoms with Gasteiger partial charge in [-0.2, -0.15) is 0 Å². The van der Waals surface area contributed by atoms with Crippen molar-refractivity contribution in [2.75, 3.05) is 0 Å². The largest absolute Gasteiger partial charge is 0.331 e. The van der Waals surface area contributed by atoms with E-state index in [9.17, 15) is 4.79 Å². The minimum absolute atomic E-state index is 0.0323. The highest BCUT2D eigenvalue weighted by atomic mass is 35.5. The standard InChI is InChI=1S/C15H18ClNO/c1-5-6-17-14-10(3)7-9(2)8-12(14)13(11(4)18)15(17)16/h7-8H,5-6H2,1-4H3. The van der Waals surface area contributed by atoms with Crippen LogP contribution in [0, 0.1) is 13.8 Å². The van der Waals surface area contributed by atoms with E-state index in [1.165, 1.54) is 5.56 Å². The zero-order chi connectivity index (χ0) is 13.4. The molecule has 2 rings (SSSR count). The predicted octanol–water partition coefficient (Wildman–Crippen LogP) is 4.52. The first-order valence-electron chi connectivity index (χ1n) is 6.27. The molecule has 18 heavy (non-hydrogen) atoms. The zero-order valence-electron chi connectivity index (χ0n) is 11.3. The molecule has 3 heteroatoms. The lowest BCUT2D eigenvalue weighted by molar-refractivity contribution is 0.101. The summed E-state index contributed by atoms with van der Waals surface area (Å²) < 4.78 is 2.06. The Morgan fingerprint density at radius 1 is 1.33 bits per heavy atom. The van der Waals surface area contributed by atoms with Crippen LogP contribution in [0.5, 0.6) is 0 Å². The number of aryl methyl sites for hydroxylation is 3. The van der Waals surface area contributed by atoms with Gasteiger partial charge in [0, 0.05) is 11.9 Å². The highest BCUT2D eigenvalue weighted by molar-refractivity contribution is 6.35. The minimum atomic E-state index is 0.0323. The van der Waals surface area contributed by atoms with Gasteiger partial charge in [-0.05, 0) is 38.8 Å². The number of hydrogen-bond acceptors (Lipinski definition) is 1. The van der Waals surface area contributed by atoms with Crippen LogP contribution in [0.1, 0.15) is 41.8 Å². The Kier molecular flexibility index (Phi) is 3.49. The Hall–Kier alpha value is -1.28. The van der Waals surface area contributed by atoms with Gasteiger partial charge >= 0.3 is 0 Å². The molecule has 0 bridgehead atoms. The van der Waals surface area contributed by atoms with Crippen molar-refractivity contribution in [2.45, 2.75) is 40.7 Å². The fraction of sp³-hybridized carbons (Fsp3) is 0.400. The third-order valence-corrected chi connectivity index (χ3v) is 3.62. The number of halogens is 1. The Bertz CT molecular complexity index is 625. The summed E-state index contributed by atoms with van der Waals surface area (Å²) in [4.78, 5) is 11.8. The van der Waals surface area contributed by atoms with Crippen molar-refractivity contribution in [3.63, 3.8) is 0 Å². The van der Waals surface area contributed by atoms with E-state index < -0.39 is 0 Å². The van der Waals surface area contributed by atoms with Crippen LogP contribution in [0.25, 0.3) is 10.9 Å². The second-order valence-electron chi connectivity index (χ2n) is 4.85. The molecular formula is C15H18ClNO. The van der Waals surface area contributed by atoms with Crippen LogP contribution in [-0.4, -0.2) is 10.4 Å². The maximum absolute atomic E-state index is 11.8. The molecule has 1 aromatic heterocycles. The van der Waals surface area contributed by atoms with E-state index in [-0.39, 0.29) is 5.78 Å². The maximum atomic E-state index is 11.8. The summed E-state index contributed by atoms with van der Waals surface area (Å²) in [5.41, 5.74) is 4.09. The molecule has 0 spiro atoms. The molecule has 0 amide bonds. The third kappa shape index (κ3) is 1.95. The molecule has 2 nitrogen and oxygen atoms in total. The summed E-state index contributed by atoms with van der Waals surface area (Å²) >= 11 is 6.39. The fourth-order valence-corrected chi connectivity index (χ4v) is 3.03. The van der Waals surface area contributed by atoms with E-state index in [1.807, 2.05) is 6.92 Å². The summed E-state index contributed by atoms with van der Waals surface area (Å²) in [5.74, 6) is 0.0323. The molecule has 0 aliphatic heterocycles. The van der Waals surface area contributed by atoms with E-state index in [0.29, 0.717) is 10.7 Å². The lowest BCUT2D eigenvalue weighted by atomic mass is 10.0. The number of Topliss-reactive ketones (excluding diaryl/α,β-unsaturated/α-hetero) is 1. The lowest BCUT2D eigenvalue weighted by Gasteiger charge is -2.07. The van der Waals surface area contributed by atoms with Crippen molar-refractivity contribution in [3.8, 4) is 0 Å². The lowest BCUT2D eigenvalue weighted by Crippen LogP contribution is -1.99. The van der Waals surface area contributed by atoms with Crippen molar-refractivity contribution < 1.29 is 4.79 Å². The highest BCUT2D eigenvalue weighted by Crippen LogP contribution is 2.33. The van der Waals surface area contributed by atoms with Gasteiger partial charge in [0.05, 0.1) is 11.1 Å². The predicted molar refractivity (Wildman–Crippen MR) is 76.7 cm³/mol. The van der Waals surface area contributed by atoms with Gasteiger partial charge < -0.3 is 4.57 Å². The highest BCUT2D eigenvalue weighted by Gasteiger charge is 2.19. The molecule has 0 atom stereocenters. The molecule has 0 saturated carbocycles. The van der Waals surface area contributed by atoms with Crippen LogP contribution in [0.15, 0.2) is 12.1 Å². The topological polar surface area (TPSA) is 22.0 Å². The first kappa shape index (κ1) is 13.2. The quantitative estimate of drug-likeness (QED) is 0.746. The van der Waals surface area contributed by atoms with E-state index in [4.69, 9.17) is 11.6 Å². The van der Waals surface area contributed by atoms with E-state index in [1.54, 1.807) is 6.92 Å². The van der Waals surface area contributed by atoms with Crippen LogP contribution in [-0.2, 0) is 6.54 Å². The molecule has 1 aromatic carbocycles. The van der Waals surface area contributed by atoms with Crippen molar-refractivity contribution in [1.29, 1.82) is 0 Å². The first-order valence-corrected chi connectivity index (χ1v) is 6.65. The Morgan fingerprint density at radius 3 is 2.56 bits per heavy atom. The van der Waals surface area contributed by atoms with Gasteiger partial charge in [-0.25, -0.2) is 0 Å². The number of carbonyl (C=O) groups excluding carboxylic acids is 1. The van der Waals surface area contributed by atoms with Crippen LogP contribution in [0.4, 0.5) is 0 Å². The summed E-state index contributed by atoms with van der Waals surface area (Å²) in [6, 6.07) is 4.19. The Morgan fingerprint density at radius 2 is 2.00 bits per heavy atom. The average Bonchev–Trinajstić information content (AvgIpc) is 2.52. The molecule has 0 saturated heterocycles. The first-order chi connectivity index (χ1) is 8.47. The van der Waals surface area contributed by atoms with Crippen molar-refractivity contribution in [3.05, 3.63) is 34.0 Å². The Balaban J connectivity index is 2.92. The van der Waals surface area contributed by atoms with Gasteiger partial charge in [-0.1, -0.05) is 30.2 Å². The number of hydrogen-bond donors (Lipinski definition) is 0. The molecule has 0 radical (unpaired) electrons. The van der Waals surface area contributed by atoms with E-state index in [0.717, 1.165) is 29.4 Å². The molecule has 0 unspecified atom stereocenters. The van der Waals surface area contributed by atoms with Gasteiger partial charge in [0.1, 0.15) is 5.15 Å². The normalized spacial score (nSPS) is 11.2. The second-order valence-corrected chi connectivity index (χ2v) is 5.21. The van der Waals surface area contributed by atoms with E-state index >= 15 is 0 Å². The van der Waals surface area contributed by atoms with Gasteiger partial charge in [-0.3, -0.25) is 4.79 Å². The van der Waals surface area contributed by atoms with Crippen molar-refractivity contribution in [2.24, 2.45) is 0 Å². The number of benzene rings is 1. The summed E-state index contributed by atoms with van der Waals surface area (Å²) in [6.07, 6.45) is 0.994. The smallest absolute Gasteiger partial charge is 0.163 e. The molecule has 0 N–H and O–H groups in total. The van der Waals surface area contributed by atoms with Crippen LogP contribution < -0.4 is 0 Å². The number of fused-ring (bicyclic) bond motifs is 1. The fourth-order valence-electron chi connectivity index (χ4n) is 2.62. The van der Waals surface area contributed by atoms with Gasteiger partial charge in [-0.15, -0.1) is 0 Å². The SMILES string of the molecule is CCCn1c(Cl)c(C(C)=O)c2cc(C)cc(C)c21. The molecule has 0 aliphatic rings. The minimum Gasteiger partial charge on any atom is -0.331 e. The summed E-state index contributed by atoms with van der Waals surface area (Å²) in [7, 11) is 0. The van der Waals surface area contributed by atoms with Gasteiger partial charge in [0.15, 0.2) is 5.78 Å². The molecule has 2 aromatic rings. The number of rotatable bonds is 3. The molecule has 0 aliphatic carbocycles. The van der Waals surface area contributed by atoms with Crippen LogP contribution in [0.2, 0.25) is 5.15 Å². The van der Waals surface area contributed by atoms with Crippen LogP contribution in [0.3, 0.4) is 0 Å². The van der Waals surface area contributed by atoms with Gasteiger partial charge in [0.2, 0.25) is 0 Å². The number of aromatic nitrogens is 1. The van der Waals surface area contributed by atoms with E-state index in [2.05, 4.69) is 30.5 Å². The monoisotopic (exact) mass is 263 g/mol. The average molecular weight is 264 g/mol. The number of nitrogens with zero attached hydrogens (tertiary/aromatic N) is 1. The summed E-state index contributed by atoms with van der Waals surface area (Å²) in [6.45, 7) is 8.64. The molecule has 1 heterocycles. The number of carbonyl (C=O) groups is 1. The van der Waals surface area contributed by atoms with Crippen molar-refractivity contribution in [1.82, 2.24) is 4.57 Å². The molecule has 96 valence electrons. The van der Waals surface area contributed by atoms with Gasteiger partial charge in [0.25, 0.3) is 0 Å².